The molecule has 1 amide bonds. The quantitative estimate of drug-likeness (QED) is 0.413. The zero-order valence-corrected chi connectivity index (χ0v) is 19.3. The summed E-state index contributed by atoms with van der Waals surface area (Å²) in [6.07, 6.45) is 1.64. The van der Waals surface area contributed by atoms with Gasteiger partial charge in [0.2, 0.25) is 10.0 Å². The predicted octanol–water partition coefficient (Wildman–Crippen LogP) is 3.90. The molecule has 0 aliphatic heterocycles. The molecule has 5 rings (SSSR count). The lowest BCUT2D eigenvalue weighted by molar-refractivity contribution is 0.102. The van der Waals surface area contributed by atoms with Gasteiger partial charge in [0.05, 0.1) is 40.0 Å². The lowest BCUT2D eigenvalue weighted by Gasteiger charge is -2.14. The molecule has 9 nitrogen and oxygen atoms in total. The fourth-order valence-corrected chi connectivity index (χ4v) is 4.99. The Morgan fingerprint density at radius 3 is 2.59 bits per heavy atom. The van der Waals surface area contributed by atoms with E-state index in [0.717, 1.165) is 18.4 Å². The number of hydrogen-bond donors (Lipinski definition) is 2. The Bertz CT molecular complexity index is 1490. The van der Waals surface area contributed by atoms with E-state index in [9.17, 15) is 13.2 Å². The average Bonchev–Trinajstić information content (AvgIpc) is 3.57. The lowest BCUT2D eigenvalue weighted by atomic mass is 10.0. The van der Waals surface area contributed by atoms with Crippen molar-refractivity contribution in [1.82, 2.24) is 14.9 Å². The standard InChI is InChI=1S/C24H22N4O5S/c1-14-22-18(13-19(26-24(22)33-27-14)15-6-4-3-5-7-15)23(29)25-20-12-17(10-11-21(20)32-2)34(30,31)28-16-8-9-16/h3-7,10-13,16,28H,8-9H2,1-2H3,(H,25,29). The molecule has 34 heavy (non-hydrogen) atoms. The maximum Gasteiger partial charge on any atom is 0.259 e. The van der Waals surface area contributed by atoms with Gasteiger partial charge in [-0.3, -0.25) is 4.79 Å². The maximum atomic E-state index is 13.4. The SMILES string of the molecule is COc1ccc(S(=O)(=O)NC2CC2)cc1NC(=O)c1cc(-c2ccccc2)nc2onc(C)c12. The Kier molecular flexibility index (Phi) is 5.54. The van der Waals surface area contributed by atoms with E-state index in [1.807, 2.05) is 30.3 Å². The molecule has 1 aliphatic rings. The van der Waals surface area contributed by atoms with Crippen LogP contribution >= 0.6 is 0 Å². The highest BCUT2D eigenvalue weighted by Gasteiger charge is 2.29. The Hall–Kier alpha value is -3.76. The molecule has 174 valence electrons. The maximum absolute atomic E-state index is 13.4. The number of amides is 1. The largest absolute Gasteiger partial charge is 0.495 e. The number of nitrogens with zero attached hydrogens (tertiary/aromatic N) is 2. The summed E-state index contributed by atoms with van der Waals surface area (Å²) in [4.78, 5) is 18.0. The number of anilines is 1. The smallest absolute Gasteiger partial charge is 0.259 e. The molecule has 10 heteroatoms. The molecule has 2 heterocycles. The Morgan fingerprint density at radius 1 is 1.12 bits per heavy atom. The van der Waals surface area contributed by atoms with E-state index in [2.05, 4.69) is 20.2 Å². The number of ether oxygens (including phenoxy) is 1. The van der Waals surface area contributed by atoms with Crippen LogP contribution in [-0.4, -0.2) is 37.6 Å². The van der Waals surface area contributed by atoms with Gasteiger partial charge in [-0.15, -0.1) is 0 Å². The van der Waals surface area contributed by atoms with Crippen LogP contribution in [-0.2, 0) is 10.0 Å². The highest BCUT2D eigenvalue weighted by atomic mass is 32.2. The number of carbonyl (C=O) groups is 1. The van der Waals surface area contributed by atoms with Crippen LogP contribution in [0.3, 0.4) is 0 Å². The van der Waals surface area contributed by atoms with Crippen molar-refractivity contribution in [2.75, 3.05) is 12.4 Å². The summed E-state index contributed by atoms with van der Waals surface area (Å²) in [5.74, 6) is -0.145. The summed E-state index contributed by atoms with van der Waals surface area (Å²) in [5.41, 5.74) is 2.64. The number of pyridine rings is 1. The van der Waals surface area contributed by atoms with E-state index in [0.29, 0.717) is 28.1 Å². The van der Waals surface area contributed by atoms with Gasteiger partial charge >= 0.3 is 0 Å². The minimum Gasteiger partial charge on any atom is -0.495 e. The molecule has 1 fully saturated rings. The Labute approximate surface area is 196 Å². The first-order valence-corrected chi connectivity index (χ1v) is 12.2. The third kappa shape index (κ3) is 4.25. The first kappa shape index (κ1) is 22.1. The van der Waals surface area contributed by atoms with Crippen LogP contribution in [0.2, 0.25) is 0 Å². The van der Waals surface area contributed by atoms with Crippen molar-refractivity contribution in [3.05, 3.63) is 65.9 Å². The highest BCUT2D eigenvalue weighted by Crippen LogP contribution is 2.32. The van der Waals surface area contributed by atoms with Gasteiger partial charge in [-0.05, 0) is 44.0 Å². The molecule has 2 N–H and O–H groups in total. The van der Waals surface area contributed by atoms with Gasteiger partial charge in [0.25, 0.3) is 11.6 Å². The average molecular weight is 479 g/mol. The second-order valence-corrected chi connectivity index (χ2v) is 9.79. The zero-order chi connectivity index (χ0) is 23.9. The van der Waals surface area contributed by atoms with Crippen LogP contribution in [0, 0.1) is 6.92 Å². The van der Waals surface area contributed by atoms with E-state index in [-0.39, 0.29) is 22.3 Å². The number of rotatable bonds is 7. The van der Waals surface area contributed by atoms with E-state index in [1.54, 1.807) is 13.0 Å². The molecular weight excluding hydrogens is 456 g/mol. The highest BCUT2D eigenvalue weighted by molar-refractivity contribution is 7.89. The minimum atomic E-state index is -3.71. The van der Waals surface area contributed by atoms with E-state index >= 15 is 0 Å². The summed E-state index contributed by atoms with van der Waals surface area (Å²) in [6.45, 7) is 1.73. The van der Waals surface area contributed by atoms with Gasteiger partial charge in [0.15, 0.2) is 0 Å². The number of hydrogen-bond acceptors (Lipinski definition) is 7. The second kappa shape index (κ2) is 8.54. The van der Waals surface area contributed by atoms with Crippen LogP contribution in [0.1, 0.15) is 28.9 Å². The number of aryl methyl sites for hydroxylation is 1. The first-order chi connectivity index (χ1) is 16.4. The fraction of sp³-hybridized carbons (Fsp3) is 0.208. The summed E-state index contributed by atoms with van der Waals surface area (Å²) in [7, 11) is -2.26. The van der Waals surface area contributed by atoms with Crippen LogP contribution in [0.5, 0.6) is 5.75 Å². The topological polar surface area (TPSA) is 123 Å². The van der Waals surface area contributed by atoms with Crippen LogP contribution in [0.25, 0.3) is 22.4 Å². The van der Waals surface area contributed by atoms with Crippen molar-refractivity contribution in [3.8, 4) is 17.0 Å². The summed E-state index contributed by atoms with van der Waals surface area (Å²) in [6, 6.07) is 15.4. The van der Waals surface area contributed by atoms with Crippen molar-refractivity contribution in [2.24, 2.45) is 0 Å². The number of fused-ring (bicyclic) bond motifs is 1. The van der Waals surface area contributed by atoms with Crippen molar-refractivity contribution in [3.63, 3.8) is 0 Å². The monoisotopic (exact) mass is 478 g/mol. The molecule has 0 atom stereocenters. The molecular formula is C24H22N4O5S. The van der Waals surface area contributed by atoms with Crippen molar-refractivity contribution >= 4 is 32.7 Å². The second-order valence-electron chi connectivity index (χ2n) is 8.08. The Morgan fingerprint density at radius 2 is 1.88 bits per heavy atom. The number of aromatic nitrogens is 2. The van der Waals surface area contributed by atoms with Gasteiger partial charge in [0, 0.05) is 11.6 Å². The van der Waals surface area contributed by atoms with Gasteiger partial charge in [0.1, 0.15) is 5.75 Å². The lowest BCUT2D eigenvalue weighted by Crippen LogP contribution is -2.26. The van der Waals surface area contributed by atoms with Crippen LogP contribution < -0.4 is 14.8 Å². The number of nitrogens with one attached hydrogen (secondary N) is 2. The van der Waals surface area contributed by atoms with Gasteiger partial charge in [-0.2, -0.15) is 0 Å². The van der Waals surface area contributed by atoms with Crippen molar-refractivity contribution < 1.29 is 22.5 Å². The number of benzene rings is 2. The van der Waals surface area contributed by atoms with Crippen molar-refractivity contribution in [2.45, 2.75) is 30.7 Å². The van der Waals surface area contributed by atoms with Gasteiger partial charge < -0.3 is 14.6 Å². The molecule has 2 aromatic carbocycles. The summed E-state index contributed by atoms with van der Waals surface area (Å²) >= 11 is 0. The molecule has 1 saturated carbocycles. The molecule has 0 bridgehead atoms. The third-order valence-electron chi connectivity index (χ3n) is 5.56. The molecule has 0 unspecified atom stereocenters. The van der Waals surface area contributed by atoms with Crippen LogP contribution in [0.4, 0.5) is 5.69 Å². The fourth-order valence-electron chi connectivity index (χ4n) is 3.66. The third-order valence-corrected chi connectivity index (χ3v) is 7.08. The predicted molar refractivity (Wildman–Crippen MR) is 126 cm³/mol. The molecule has 1 aliphatic carbocycles. The van der Waals surface area contributed by atoms with E-state index in [1.165, 1.54) is 25.3 Å². The molecule has 0 radical (unpaired) electrons. The molecule has 0 saturated heterocycles. The molecule has 0 spiro atoms. The summed E-state index contributed by atoms with van der Waals surface area (Å²) < 4.78 is 38.7. The number of methoxy groups -OCH3 is 1. The summed E-state index contributed by atoms with van der Waals surface area (Å²) in [5, 5.41) is 7.24. The minimum absolute atomic E-state index is 0.0387. The first-order valence-electron chi connectivity index (χ1n) is 10.7. The van der Waals surface area contributed by atoms with Gasteiger partial charge in [-0.1, -0.05) is 35.5 Å². The zero-order valence-electron chi connectivity index (χ0n) is 18.5. The Balaban J connectivity index is 1.55. The molecule has 4 aromatic rings. The van der Waals surface area contributed by atoms with Gasteiger partial charge in [-0.25, -0.2) is 18.1 Å². The number of carbonyl (C=O) groups excluding carboxylic acids is 1. The van der Waals surface area contributed by atoms with Crippen LogP contribution in [0.15, 0.2) is 64.0 Å². The van der Waals surface area contributed by atoms with E-state index in [4.69, 9.17) is 9.26 Å². The number of sulfonamides is 1. The van der Waals surface area contributed by atoms with Crippen molar-refractivity contribution in [1.29, 1.82) is 0 Å². The normalized spacial score (nSPS) is 13.7. The van der Waals surface area contributed by atoms with E-state index < -0.39 is 15.9 Å². The molecule has 2 aromatic heterocycles.